The molecule has 0 atom stereocenters. The number of benzene rings is 2. The van der Waals surface area contributed by atoms with E-state index < -0.39 is 5.91 Å². The Morgan fingerprint density at radius 1 is 1.04 bits per heavy atom. The van der Waals surface area contributed by atoms with Crippen molar-refractivity contribution < 1.29 is 9.59 Å². The molecule has 0 aliphatic carbocycles. The zero-order valence-corrected chi connectivity index (χ0v) is 13.9. The van der Waals surface area contributed by atoms with E-state index in [0.717, 1.165) is 11.1 Å². The third kappa shape index (κ3) is 5.33. The summed E-state index contributed by atoms with van der Waals surface area (Å²) in [4.78, 5) is 22.8. The lowest BCUT2D eigenvalue weighted by Gasteiger charge is -2.08. The number of hydrogen-bond acceptors (Lipinski definition) is 3. The second-order valence-electron chi connectivity index (χ2n) is 5.13. The maximum atomic E-state index is 11.8. The minimum atomic E-state index is -0.501. The van der Waals surface area contributed by atoms with Gasteiger partial charge in [0.25, 0.3) is 0 Å². The summed E-state index contributed by atoms with van der Waals surface area (Å²) in [6.07, 6.45) is 3.12. The van der Waals surface area contributed by atoms with Gasteiger partial charge in [-0.15, -0.1) is 0 Å². The molecule has 0 aliphatic rings. The van der Waals surface area contributed by atoms with Gasteiger partial charge >= 0.3 is 0 Å². The Labute approximate surface area is 145 Å². The van der Waals surface area contributed by atoms with Crippen molar-refractivity contribution in [2.24, 2.45) is 5.73 Å². The summed E-state index contributed by atoms with van der Waals surface area (Å²) >= 11 is 5.08. The van der Waals surface area contributed by atoms with Crippen molar-refractivity contribution in [3.8, 4) is 0 Å². The van der Waals surface area contributed by atoms with Crippen LogP contribution in [0.3, 0.4) is 0 Å². The van der Waals surface area contributed by atoms with Crippen molar-refractivity contribution in [2.75, 3.05) is 5.32 Å². The van der Waals surface area contributed by atoms with Crippen LogP contribution in [0.1, 0.15) is 21.5 Å². The average molecular weight is 339 g/mol. The van der Waals surface area contributed by atoms with E-state index in [2.05, 4.69) is 10.6 Å². The molecule has 6 heteroatoms. The number of nitrogens with two attached hydrogens (primary N) is 1. The van der Waals surface area contributed by atoms with Gasteiger partial charge in [-0.2, -0.15) is 0 Å². The maximum absolute atomic E-state index is 11.8. The van der Waals surface area contributed by atoms with Crippen LogP contribution >= 0.6 is 12.2 Å². The van der Waals surface area contributed by atoms with Crippen molar-refractivity contribution in [1.82, 2.24) is 5.32 Å². The predicted octanol–water partition coefficient (Wildman–Crippen LogP) is 2.62. The molecule has 122 valence electrons. The largest absolute Gasteiger partial charge is 0.366 e. The molecule has 0 heterocycles. The van der Waals surface area contributed by atoms with E-state index in [1.54, 1.807) is 30.3 Å². The van der Waals surface area contributed by atoms with Gasteiger partial charge < -0.3 is 11.1 Å². The number of amides is 2. The Morgan fingerprint density at radius 2 is 1.67 bits per heavy atom. The van der Waals surface area contributed by atoms with Crippen LogP contribution in [0.2, 0.25) is 0 Å². The smallest absolute Gasteiger partial charge is 0.250 e. The van der Waals surface area contributed by atoms with E-state index in [1.165, 1.54) is 6.08 Å². The zero-order valence-electron chi connectivity index (χ0n) is 13.1. The normalized spacial score (nSPS) is 10.4. The van der Waals surface area contributed by atoms with Crippen molar-refractivity contribution in [3.05, 3.63) is 71.3 Å². The molecule has 0 saturated heterocycles. The van der Waals surface area contributed by atoms with Crippen LogP contribution in [0.25, 0.3) is 6.08 Å². The third-order valence-electron chi connectivity index (χ3n) is 3.17. The minimum absolute atomic E-state index is 0.167. The quantitative estimate of drug-likeness (QED) is 0.590. The number of nitrogens with one attached hydrogen (secondary N) is 2. The molecule has 0 saturated carbocycles. The van der Waals surface area contributed by atoms with Gasteiger partial charge in [0.2, 0.25) is 11.8 Å². The predicted molar refractivity (Wildman–Crippen MR) is 99.5 cm³/mol. The Morgan fingerprint density at radius 3 is 2.25 bits per heavy atom. The second kappa shape index (κ2) is 8.03. The van der Waals surface area contributed by atoms with Gasteiger partial charge in [0, 0.05) is 17.3 Å². The van der Waals surface area contributed by atoms with Gasteiger partial charge in [0.1, 0.15) is 0 Å². The Balaban J connectivity index is 1.88. The fraction of sp³-hybridized carbons (Fsp3) is 0.0556. The molecule has 0 unspecified atom stereocenters. The van der Waals surface area contributed by atoms with Crippen molar-refractivity contribution in [2.45, 2.75) is 6.92 Å². The molecule has 0 aliphatic heterocycles. The molecule has 2 aromatic carbocycles. The average Bonchev–Trinajstić information content (AvgIpc) is 2.54. The SMILES string of the molecule is Cc1ccc(/C=C/C(=O)NC(=S)Nc2ccc(C(N)=O)cc2)cc1. The first kappa shape index (κ1) is 17.4. The van der Waals surface area contributed by atoms with Gasteiger partial charge in [-0.3, -0.25) is 14.9 Å². The maximum Gasteiger partial charge on any atom is 0.250 e. The van der Waals surface area contributed by atoms with E-state index in [1.807, 2.05) is 31.2 Å². The Kier molecular flexibility index (Phi) is 5.81. The monoisotopic (exact) mass is 339 g/mol. The summed E-state index contributed by atoms with van der Waals surface area (Å²) in [6, 6.07) is 14.3. The molecule has 24 heavy (non-hydrogen) atoms. The molecule has 0 fully saturated rings. The van der Waals surface area contributed by atoms with Gasteiger partial charge in [-0.25, -0.2) is 0 Å². The van der Waals surface area contributed by atoms with Gasteiger partial charge in [0.05, 0.1) is 0 Å². The number of rotatable bonds is 4. The summed E-state index contributed by atoms with van der Waals surface area (Å²) in [7, 11) is 0. The van der Waals surface area contributed by atoms with Crippen LogP contribution in [0, 0.1) is 6.92 Å². The topological polar surface area (TPSA) is 84.2 Å². The van der Waals surface area contributed by atoms with E-state index in [9.17, 15) is 9.59 Å². The molecular weight excluding hydrogens is 322 g/mol. The highest BCUT2D eigenvalue weighted by Crippen LogP contribution is 2.09. The minimum Gasteiger partial charge on any atom is -0.366 e. The fourth-order valence-corrected chi connectivity index (χ4v) is 2.10. The number of anilines is 1. The highest BCUT2D eigenvalue weighted by atomic mass is 32.1. The first-order chi connectivity index (χ1) is 11.4. The van der Waals surface area contributed by atoms with Crippen molar-refractivity contribution in [3.63, 3.8) is 0 Å². The summed E-state index contributed by atoms with van der Waals surface area (Å²) in [5.74, 6) is -0.833. The number of carbonyl (C=O) groups excluding carboxylic acids is 2. The second-order valence-corrected chi connectivity index (χ2v) is 5.54. The lowest BCUT2D eigenvalue weighted by Crippen LogP contribution is -2.32. The molecule has 0 radical (unpaired) electrons. The number of aryl methyl sites for hydroxylation is 1. The van der Waals surface area contributed by atoms with Gasteiger partial charge in [-0.05, 0) is 55.0 Å². The Hall–Kier alpha value is -2.99. The third-order valence-corrected chi connectivity index (χ3v) is 3.37. The number of thiocarbonyl (C=S) groups is 1. The van der Waals surface area contributed by atoms with Crippen LogP contribution < -0.4 is 16.4 Å². The molecule has 0 spiro atoms. The lowest BCUT2D eigenvalue weighted by molar-refractivity contribution is -0.115. The standard InChI is InChI=1S/C18H17N3O2S/c1-12-2-4-13(5-3-12)6-11-16(22)21-18(24)20-15-9-7-14(8-10-15)17(19)23/h2-11H,1H3,(H2,19,23)(H2,20,21,22,24)/b11-6+. The highest BCUT2D eigenvalue weighted by Gasteiger charge is 2.03. The summed E-state index contributed by atoms with van der Waals surface area (Å²) < 4.78 is 0. The van der Waals surface area contributed by atoms with Crippen LogP contribution in [-0.4, -0.2) is 16.9 Å². The van der Waals surface area contributed by atoms with Gasteiger partial charge in [0.15, 0.2) is 5.11 Å². The number of hydrogen-bond donors (Lipinski definition) is 3. The fourth-order valence-electron chi connectivity index (χ4n) is 1.88. The van der Waals surface area contributed by atoms with Crippen LogP contribution in [-0.2, 0) is 4.79 Å². The van der Waals surface area contributed by atoms with Gasteiger partial charge in [-0.1, -0.05) is 29.8 Å². The van der Waals surface area contributed by atoms with Crippen LogP contribution in [0.5, 0.6) is 0 Å². The molecule has 0 aromatic heterocycles. The Bertz CT molecular complexity index is 781. The number of carbonyl (C=O) groups is 2. The summed E-state index contributed by atoms with van der Waals surface area (Å²) in [6.45, 7) is 2.00. The molecule has 2 rings (SSSR count). The summed E-state index contributed by atoms with van der Waals surface area (Å²) in [5, 5.41) is 5.58. The molecule has 4 N–H and O–H groups in total. The first-order valence-electron chi connectivity index (χ1n) is 7.20. The van der Waals surface area contributed by atoms with Crippen LogP contribution in [0.15, 0.2) is 54.6 Å². The first-order valence-corrected chi connectivity index (χ1v) is 7.61. The summed E-state index contributed by atoms with van der Waals surface area (Å²) in [5.41, 5.74) is 8.30. The zero-order chi connectivity index (χ0) is 17.5. The molecule has 2 aromatic rings. The molecule has 0 bridgehead atoms. The highest BCUT2D eigenvalue weighted by molar-refractivity contribution is 7.80. The van der Waals surface area contributed by atoms with E-state index in [0.29, 0.717) is 11.3 Å². The lowest BCUT2D eigenvalue weighted by atomic mass is 10.1. The molecule has 2 amide bonds. The van der Waals surface area contributed by atoms with Crippen LogP contribution in [0.4, 0.5) is 5.69 Å². The van der Waals surface area contributed by atoms with E-state index in [4.69, 9.17) is 18.0 Å². The number of primary amides is 1. The van der Waals surface area contributed by atoms with Crippen molar-refractivity contribution in [1.29, 1.82) is 0 Å². The molecule has 5 nitrogen and oxygen atoms in total. The van der Waals surface area contributed by atoms with E-state index in [-0.39, 0.29) is 11.0 Å². The van der Waals surface area contributed by atoms with E-state index >= 15 is 0 Å². The molecular formula is C18H17N3O2S. The van der Waals surface area contributed by atoms with Crippen molar-refractivity contribution >= 4 is 40.9 Å².